The highest BCUT2D eigenvalue weighted by Gasteiger charge is 2.48. The number of rotatable bonds is 5. The number of benzene rings is 1. The number of amides is 2. The van der Waals surface area contributed by atoms with E-state index >= 15 is 0 Å². The van der Waals surface area contributed by atoms with Crippen molar-refractivity contribution < 1.29 is 14.3 Å². The van der Waals surface area contributed by atoms with E-state index in [1.165, 1.54) is 11.8 Å². The lowest BCUT2D eigenvalue weighted by Gasteiger charge is -2.33. The standard InChI is InChI=1S/C19H25N3O3S/c1-18(17(24)21-14-4-2-3-5-15(14)26-18)16(23)20-12-19(6-7-19)13-22-8-10-25-11-9-22/h2-5H,6-13H2,1H3,(H,20,23)(H,21,24). The molecule has 7 heteroatoms. The van der Waals surface area contributed by atoms with Crippen LogP contribution in [0.3, 0.4) is 0 Å². The summed E-state index contributed by atoms with van der Waals surface area (Å²) in [5.74, 6) is -0.459. The Kier molecular flexibility index (Phi) is 4.71. The summed E-state index contributed by atoms with van der Waals surface area (Å²) < 4.78 is 4.27. The minimum Gasteiger partial charge on any atom is -0.379 e. The lowest BCUT2D eigenvalue weighted by Crippen LogP contribution is -2.53. The van der Waals surface area contributed by atoms with Crippen LogP contribution < -0.4 is 10.6 Å². The Morgan fingerprint density at radius 2 is 2.04 bits per heavy atom. The van der Waals surface area contributed by atoms with E-state index in [0.717, 1.165) is 56.3 Å². The summed E-state index contributed by atoms with van der Waals surface area (Å²) >= 11 is 1.33. The molecule has 2 fully saturated rings. The minimum atomic E-state index is -1.14. The maximum Gasteiger partial charge on any atom is 0.250 e. The van der Waals surface area contributed by atoms with Crippen molar-refractivity contribution in [2.45, 2.75) is 29.4 Å². The second kappa shape index (κ2) is 6.87. The van der Waals surface area contributed by atoms with Crippen molar-refractivity contribution in [3.8, 4) is 0 Å². The molecule has 0 bridgehead atoms. The molecule has 0 aromatic heterocycles. The number of hydrogen-bond donors (Lipinski definition) is 2. The van der Waals surface area contributed by atoms with Gasteiger partial charge in [0.15, 0.2) is 4.75 Å². The quantitative estimate of drug-likeness (QED) is 0.767. The van der Waals surface area contributed by atoms with Crippen molar-refractivity contribution in [1.82, 2.24) is 10.2 Å². The van der Waals surface area contributed by atoms with Gasteiger partial charge in [0.1, 0.15) is 0 Å². The maximum absolute atomic E-state index is 12.9. The Balaban J connectivity index is 1.38. The van der Waals surface area contributed by atoms with Crippen molar-refractivity contribution in [3.63, 3.8) is 0 Å². The lowest BCUT2D eigenvalue weighted by atomic mass is 10.0. The number of carbonyl (C=O) groups excluding carboxylic acids is 2. The van der Waals surface area contributed by atoms with Crippen LogP contribution in [0.1, 0.15) is 19.8 Å². The number of anilines is 1. The van der Waals surface area contributed by atoms with Gasteiger partial charge < -0.3 is 15.4 Å². The molecule has 2 aliphatic heterocycles. The molecule has 0 spiro atoms. The molecular weight excluding hydrogens is 350 g/mol. The largest absolute Gasteiger partial charge is 0.379 e. The number of nitrogens with one attached hydrogen (secondary N) is 2. The fourth-order valence-electron chi connectivity index (χ4n) is 3.55. The van der Waals surface area contributed by atoms with Crippen LogP contribution in [0, 0.1) is 5.41 Å². The predicted molar refractivity (Wildman–Crippen MR) is 101 cm³/mol. The zero-order valence-electron chi connectivity index (χ0n) is 15.0. The van der Waals surface area contributed by atoms with Crippen LogP contribution in [0.25, 0.3) is 0 Å². The molecule has 0 radical (unpaired) electrons. The molecule has 2 N–H and O–H groups in total. The van der Waals surface area contributed by atoms with Gasteiger partial charge in [0.25, 0.3) is 0 Å². The molecule has 1 aromatic carbocycles. The number of para-hydroxylation sites is 1. The molecule has 26 heavy (non-hydrogen) atoms. The van der Waals surface area contributed by atoms with E-state index in [1.807, 2.05) is 24.3 Å². The summed E-state index contributed by atoms with van der Waals surface area (Å²) in [4.78, 5) is 28.8. The van der Waals surface area contributed by atoms with Crippen molar-refractivity contribution in [2.24, 2.45) is 5.41 Å². The van der Waals surface area contributed by atoms with E-state index in [1.54, 1.807) is 6.92 Å². The normalized spacial score (nSPS) is 27.3. The van der Waals surface area contributed by atoms with Crippen LogP contribution in [-0.4, -0.2) is 60.9 Å². The Labute approximate surface area is 158 Å². The third kappa shape index (κ3) is 3.48. The summed E-state index contributed by atoms with van der Waals surface area (Å²) in [5.41, 5.74) is 0.940. The third-order valence-corrected chi connectivity index (χ3v) is 6.91. The van der Waals surface area contributed by atoms with Gasteiger partial charge in [0.2, 0.25) is 11.8 Å². The van der Waals surface area contributed by atoms with Gasteiger partial charge in [-0.25, -0.2) is 0 Å². The van der Waals surface area contributed by atoms with E-state index < -0.39 is 4.75 Å². The molecule has 1 aliphatic carbocycles. The average Bonchev–Trinajstić information content (AvgIpc) is 3.41. The average molecular weight is 375 g/mol. The second-order valence-corrected chi connectivity index (χ2v) is 9.12. The number of nitrogens with zero attached hydrogens (tertiary/aromatic N) is 1. The zero-order valence-corrected chi connectivity index (χ0v) is 15.9. The van der Waals surface area contributed by atoms with Crippen LogP contribution in [0.2, 0.25) is 0 Å². The van der Waals surface area contributed by atoms with Gasteiger partial charge in [-0.3, -0.25) is 14.5 Å². The molecule has 1 aromatic rings. The molecule has 140 valence electrons. The molecule has 2 amide bonds. The van der Waals surface area contributed by atoms with Crippen LogP contribution in [-0.2, 0) is 14.3 Å². The lowest BCUT2D eigenvalue weighted by molar-refractivity contribution is -0.130. The molecule has 2 heterocycles. The smallest absolute Gasteiger partial charge is 0.250 e. The Morgan fingerprint density at radius 1 is 1.31 bits per heavy atom. The van der Waals surface area contributed by atoms with Crippen LogP contribution >= 0.6 is 11.8 Å². The SMILES string of the molecule is CC1(C(=O)NCC2(CN3CCOCC3)CC2)Sc2ccccc2NC1=O. The number of fused-ring (bicyclic) bond motifs is 1. The molecule has 1 saturated carbocycles. The fourth-order valence-corrected chi connectivity index (χ4v) is 4.68. The molecule has 1 unspecified atom stereocenters. The van der Waals surface area contributed by atoms with Crippen LogP contribution in [0.15, 0.2) is 29.2 Å². The topological polar surface area (TPSA) is 70.7 Å². The van der Waals surface area contributed by atoms with Gasteiger partial charge in [-0.15, -0.1) is 0 Å². The van der Waals surface area contributed by atoms with Crippen LogP contribution in [0.5, 0.6) is 0 Å². The monoisotopic (exact) mass is 375 g/mol. The summed E-state index contributed by atoms with van der Waals surface area (Å²) in [7, 11) is 0. The molecule has 3 aliphatic rings. The summed E-state index contributed by atoms with van der Waals surface area (Å²) in [6.45, 7) is 6.84. The van der Waals surface area contributed by atoms with E-state index in [2.05, 4.69) is 15.5 Å². The third-order valence-electron chi connectivity index (χ3n) is 5.56. The highest BCUT2D eigenvalue weighted by molar-refractivity contribution is 8.02. The zero-order chi connectivity index (χ0) is 18.2. The summed E-state index contributed by atoms with van der Waals surface area (Å²) in [6, 6.07) is 7.60. The van der Waals surface area contributed by atoms with Gasteiger partial charge in [-0.2, -0.15) is 0 Å². The van der Waals surface area contributed by atoms with Crippen molar-refractivity contribution in [1.29, 1.82) is 0 Å². The van der Waals surface area contributed by atoms with E-state index in [0.29, 0.717) is 6.54 Å². The first-order valence-electron chi connectivity index (χ1n) is 9.19. The Morgan fingerprint density at radius 3 is 2.77 bits per heavy atom. The first kappa shape index (κ1) is 17.8. The first-order valence-corrected chi connectivity index (χ1v) is 10.0. The van der Waals surface area contributed by atoms with Crippen LogP contribution in [0.4, 0.5) is 5.69 Å². The summed E-state index contributed by atoms with van der Waals surface area (Å²) in [6.07, 6.45) is 2.26. The van der Waals surface area contributed by atoms with E-state index in [4.69, 9.17) is 4.74 Å². The summed E-state index contributed by atoms with van der Waals surface area (Å²) in [5, 5.41) is 5.94. The molecular formula is C19H25N3O3S. The number of morpholine rings is 1. The van der Waals surface area contributed by atoms with Crippen molar-refractivity contribution in [3.05, 3.63) is 24.3 Å². The highest BCUT2D eigenvalue weighted by atomic mass is 32.2. The number of thioether (sulfide) groups is 1. The van der Waals surface area contributed by atoms with Gasteiger partial charge in [0.05, 0.1) is 18.9 Å². The van der Waals surface area contributed by atoms with Crippen molar-refractivity contribution >= 4 is 29.3 Å². The molecule has 4 rings (SSSR count). The molecule has 6 nitrogen and oxygen atoms in total. The Hall–Kier alpha value is -1.57. The number of carbonyl (C=O) groups is 2. The second-order valence-electron chi connectivity index (χ2n) is 7.66. The predicted octanol–water partition coefficient (Wildman–Crippen LogP) is 1.72. The number of ether oxygens (including phenoxy) is 1. The van der Waals surface area contributed by atoms with Gasteiger partial charge in [-0.1, -0.05) is 23.9 Å². The molecule has 1 atom stereocenters. The van der Waals surface area contributed by atoms with Gasteiger partial charge in [0, 0.05) is 36.5 Å². The minimum absolute atomic E-state index is 0.164. The highest BCUT2D eigenvalue weighted by Crippen LogP contribution is 2.46. The maximum atomic E-state index is 12.9. The molecule has 1 saturated heterocycles. The fraction of sp³-hybridized carbons (Fsp3) is 0.579. The number of hydrogen-bond acceptors (Lipinski definition) is 5. The van der Waals surface area contributed by atoms with Crippen molar-refractivity contribution in [2.75, 3.05) is 44.7 Å². The van der Waals surface area contributed by atoms with Gasteiger partial charge >= 0.3 is 0 Å². The van der Waals surface area contributed by atoms with E-state index in [-0.39, 0.29) is 17.2 Å². The first-order chi connectivity index (χ1) is 12.5. The van der Waals surface area contributed by atoms with E-state index in [9.17, 15) is 9.59 Å². The van der Waals surface area contributed by atoms with Gasteiger partial charge in [-0.05, 0) is 31.9 Å². The Bertz CT molecular complexity index is 716.